The zero-order chi connectivity index (χ0) is 18.6. The molecule has 1 heterocycles. The number of aromatic nitrogens is 2. The quantitative estimate of drug-likeness (QED) is 0.613. The zero-order valence-electron chi connectivity index (χ0n) is 13.8. The maximum atomic E-state index is 12.2. The van der Waals surface area contributed by atoms with E-state index in [-0.39, 0.29) is 11.7 Å². The van der Waals surface area contributed by atoms with Crippen LogP contribution in [0.5, 0.6) is 0 Å². The van der Waals surface area contributed by atoms with Crippen LogP contribution in [0.15, 0.2) is 60.7 Å². The van der Waals surface area contributed by atoms with Crippen LogP contribution in [0.2, 0.25) is 0 Å². The van der Waals surface area contributed by atoms with Gasteiger partial charge in [0.15, 0.2) is 0 Å². The Morgan fingerprint density at radius 3 is 2.35 bits per heavy atom. The molecular formula is C18H18N4O3S. The Balaban J connectivity index is 1.60. The maximum absolute atomic E-state index is 12.2. The number of benzene rings is 2. The Kier molecular flexibility index (Phi) is 5.15. The molecule has 7 nitrogen and oxygen atoms in total. The number of aromatic amines is 1. The minimum Gasteiger partial charge on any atom is -0.347 e. The average molecular weight is 370 g/mol. The van der Waals surface area contributed by atoms with Gasteiger partial charge in [-0.1, -0.05) is 54.6 Å². The van der Waals surface area contributed by atoms with E-state index in [1.165, 1.54) is 0 Å². The van der Waals surface area contributed by atoms with E-state index in [0.29, 0.717) is 23.5 Å². The fourth-order valence-electron chi connectivity index (χ4n) is 2.46. The molecule has 0 radical (unpaired) electrons. The van der Waals surface area contributed by atoms with Gasteiger partial charge in [0.2, 0.25) is 10.0 Å². The second kappa shape index (κ2) is 7.51. The number of nitrogens with two attached hydrogens (primary N) is 1. The summed E-state index contributed by atoms with van der Waals surface area (Å²) < 4.78 is 22.1. The van der Waals surface area contributed by atoms with Crippen LogP contribution in [0.3, 0.4) is 0 Å². The fraction of sp³-hybridized carbons (Fsp3) is 0.111. The first-order chi connectivity index (χ1) is 12.4. The lowest BCUT2D eigenvalue weighted by Crippen LogP contribution is -2.23. The van der Waals surface area contributed by atoms with Crippen molar-refractivity contribution < 1.29 is 13.2 Å². The molecule has 26 heavy (non-hydrogen) atoms. The van der Waals surface area contributed by atoms with Gasteiger partial charge in [-0.05, 0) is 17.2 Å². The molecule has 3 rings (SSSR count). The van der Waals surface area contributed by atoms with Crippen molar-refractivity contribution in [2.75, 3.05) is 0 Å². The van der Waals surface area contributed by atoms with Gasteiger partial charge in [0.05, 0.1) is 11.4 Å². The summed E-state index contributed by atoms with van der Waals surface area (Å²) in [5.41, 5.74) is 3.44. The molecule has 1 aromatic heterocycles. The number of primary sulfonamides is 1. The lowest BCUT2D eigenvalue weighted by molar-refractivity contribution is 0.0946. The third kappa shape index (κ3) is 4.78. The molecule has 0 aliphatic carbocycles. The van der Waals surface area contributed by atoms with Gasteiger partial charge in [-0.15, -0.1) is 0 Å². The van der Waals surface area contributed by atoms with Crippen LogP contribution in [-0.4, -0.2) is 24.5 Å². The largest absolute Gasteiger partial charge is 0.347 e. The number of rotatable bonds is 6. The van der Waals surface area contributed by atoms with E-state index < -0.39 is 10.0 Å². The molecule has 2 aromatic carbocycles. The van der Waals surface area contributed by atoms with Crippen molar-refractivity contribution >= 4 is 15.9 Å². The summed E-state index contributed by atoms with van der Waals surface area (Å²) >= 11 is 0. The number of amides is 1. The summed E-state index contributed by atoms with van der Waals surface area (Å²) in [7, 11) is -3.55. The zero-order valence-corrected chi connectivity index (χ0v) is 14.7. The highest BCUT2D eigenvalue weighted by Crippen LogP contribution is 2.16. The molecule has 0 spiro atoms. The number of sulfonamides is 1. The van der Waals surface area contributed by atoms with Gasteiger partial charge >= 0.3 is 0 Å². The molecule has 0 aliphatic rings. The van der Waals surface area contributed by atoms with E-state index in [1.54, 1.807) is 30.3 Å². The van der Waals surface area contributed by atoms with Crippen LogP contribution in [0, 0.1) is 0 Å². The van der Waals surface area contributed by atoms with E-state index in [0.717, 1.165) is 11.1 Å². The van der Waals surface area contributed by atoms with Crippen LogP contribution in [0.4, 0.5) is 0 Å². The molecule has 3 aromatic rings. The van der Waals surface area contributed by atoms with Crippen molar-refractivity contribution in [1.29, 1.82) is 0 Å². The Morgan fingerprint density at radius 1 is 1.04 bits per heavy atom. The van der Waals surface area contributed by atoms with Gasteiger partial charge in [-0.25, -0.2) is 13.6 Å². The van der Waals surface area contributed by atoms with Crippen LogP contribution in [0.1, 0.15) is 21.6 Å². The summed E-state index contributed by atoms with van der Waals surface area (Å²) in [4.78, 5) is 12.2. The second-order valence-electron chi connectivity index (χ2n) is 5.84. The molecule has 0 unspecified atom stereocenters. The third-order valence-corrected chi connectivity index (χ3v) is 4.47. The molecule has 4 N–H and O–H groups in total. The molecule has 0 atom stereocenters. The van der Waals surface area contributed by atoms with Crippen molar-refractivity contribution in [1.82, 2.24) is 15.5 Å². The predicted octanol–water partition coefficient (Wildman–Crippen LogP) is 1.80. The first kappa shape index (κ1) is 17.8. The van der Waals surface area contributed by atoms with Gasteiger partial charge in [-0.2, -0.15) is 5.10 Å². The van der Waals surface area contributed by atoms with Crippen molar-refractivity contribution in [2.24, 2.45) is 5.14 Å². The summed E-state index contributed by atoms with van der Waals surface area (Å²) in [5, 5.41) is 14.7. The molecular weight excluding hydrogens is 352 g/mol. The van der Waals surface area contributed by atoms with E-state index in [2.05, 4.69) is 15.5 Å². The molecule has 134 valence electrons. The van der Waals surface area contributed by atoms with Crippen molar-refractivity contribution in [3.05, 3.63) is 77.5 Å². The lowest BCUT2D eigenvalue weighted by Gasteiger charge is -2.05. The molecule has 0 aliphatic heterocycles. The smallest absolute Gasteiger partial charge is 0.269 e. The molecule has 0 saturated heterocycles. The minimum atomic E-state index is -3.55. The summed E-state index contributed by atoms with van der Waals surface area (Å²) in [6.07, 6.45) is 0. The van der Waals surface area contributed by atoms with Crippen molar-refractivity contribution in [3.8, 4) is 11.3 Å². The van der Waals surface area contributed by atoms with Gasteiger partial charge in [0.1, 0.15) is 5.69 Å². The Bertz CT molecular complexity index is 996. The maximum Gasteiger partial charge on any atom is 0.269 e. The van der Waals surface area contributed by atoms with Gasteiger partial charge in [0.25, 0.3) is 5.91 Å². The number of nitrogens with zero attached hydrogens (tertiary/aromatic N) is 1. The topological polar surface area (TPSA) is 118 Å². The summed E-state index contributed by atoms with van der Waals surface area (Å²) in [6.45, 7) is 0.314. The van der Waals surface area contributed by atoms with Gasteiger partial charge in [-0.3, -0.25) is 9.89 Å². The van der Waals surface area contributed by atoms with E-state index in [1.807, 2.05) is 30.3 Å². The minimum absolute atomic E-state index is 0.212. The molecule has 0 bridgehead atoms. The first-order valence-corrected chi connectivity index (χ1v) is 9.59. The van der Waals surface area contributed by atoms with Crippen LogP contribution in [0.25, 0.3) is 11.3 Å². The Labute approximate surface area is 151 Å². The van der Waals surface area contributed by atoms with Crippen LogP contribution >= 0.6 is 0 Å². The number of carbonyl (C=O) groups excluding carboxylic acids is 1. The first-order valence-electron chi connectivity index (χ1n) is 7.88. The van der Waals surface area contributed by atoms with Gasteiger partial charge < -0.3 is 5.32 Å². The number of hydrogen-bond acceptors (Lipinski definition) is 4. The molecule has 0 saturated carbocycles. The highest BCUT2D eigenvalue weighted by Gasteiger charge is 2.11. The average Bonchev–Trinajstić information content (AvgIpc) is 3.10. The normalized spacial score (nSPS) is 11.3. The van der Waals surface area contributed by atoms with E-state index in [9.17, 15) is 13.2 Å². The van der Waals surface area contributed by atoms with Crippen molar-refractivity contribution in [2.45, 2.75) is 12.3 Å². The highest BCUT2D eigenvalue weighted by molar-refractivity contribution is 7.88. The SMILES string of the molecule is NS(=O)(=O)Cc1ccc(CNC(=O)c2cc(-c3ccccc3)n[nH]2)cc1. The van der Waals surface area contributed by atoms with Crippen LogP contribution < -0.4 is 10.5 Å². The highest BCUT2D eigenvalue weighted by atomic mass is 32.2. The summed E-state index contributed by atoms with van der Waals surface area (Å²) in [6, 6.07) is 18.1. The lowest BCUT2D eigenvalue weighted by atomic mass is 10.1. The fourth-order valence-corrected chi connectivity index (χ4v) is 3.12. The molecule has 8 heteroatoms. The number of carbonyl (C=O) groups is 1. The monoisotopic (exact) mass is 370 g/mol. The van der Waals surface area contributed by atoms with Gasteiger partial charge in [0, 0.05) is 12.1 Å². The molecule has 1 amide bonds. The van der Waals surface area contributed by atoms with Crippen molar-refractivity contribution in [3.63, 3.8) is 0 Å². The standard InChI is InChI=1S/C18H18N4O3S/c19-26(24,25)12-14-8-6-13(7-9-14)11-20-18(23)17-10-16(21-22-17)15-4-2-1-3-5-15/h1-10H,11-12H2,(H,20,23)(H,21,22)(H2,19,24,25). The summed E-state index contributed by atoms with van der Waals surface area (Å²) in [5.74, 6) is -0.482. The van der Waals surface area contributed by atoms with E-state index >= 15 is 0 Å². The third-order valence-electron chi connectivity index (χ3n) is 3.74. The second-order valence-corrected chi connectivity index (χ2v) is 7.45. The Hall–Kier alpha value is -2.97. The predicted molar refractivity (Wildman–Crippen MR) is 98.4 cm³/mol. The van der Waals surface area contributed by atoms with E-state index in [4.69, 9.17) is 5.14 Å². The Morgan fingerprint density at radius 2 is 1.69 bits per heavy atom. The number of nitrogens with one attached hydrogen (secondary N) is 2. The number of hydrogen-bond donors (Lipinski definition) is 3. The van der Waals surface area contributed by atoms with Crippen LogP contribution in [-0.2, 0) is 22.3 Å². The number of H-pyrrole nitrogens is 1. The molecule has 0 fully saturated rings.